The van der Waals surface area contributed by atoms with E-state index in [1.807, 2.05) is 38.1 Å². The third kappa shape index (κ3) is 2.62. The van der Waals surface area contributed by atoms with Crippen LogP contribution in [0.15, 0.2) is 30.3 Å². The first-order valence-corrected chi connectivity index (χ1v) is 5.90. The van der Waals surface area contributed by atoms with Crippen LogP contribution in [-0.4, -0.2) is 20.5 Å². The second-order valence-corrected chi connectivity index (χ2v) is 3.39. The quantitative estimate of drug-likeness (QED) is 0.775. The van der Waals surface area contributed by atoms with Crippen molar-refractivity contribution < 1.29 is 14.3 Å². The van der Waals surface area contributed by atoms with Crippen LogP contribution in [0.3, 0.4) is 0 Å². The average molecular weight is 246 g/mol. The van der Waals surface area contributed by atoms with E-state index < -0.39 is 0 Å². The molecule has 0 bridgehead atoms. The van der Waals surface area contributed by atoms with Gasteiger partial charge in [0.2, 0.25) is 0 Å². The van der Waals surface area contributed by atoms with E-state index in [-0.39, 0.29) is 0 Å². The molecule has 3 heteroatoms. The second-order valence-electron chi connectivity index (χ2n) is 3.39. The number of ether oxygens (including phenoxy) is 2. The third-order valence-electron chi connectivity index (χ3n) is 2.57. The van der Waals surface area contributed by atoms with Crippen LogP contribution >= 0.6 is 0 Å². The van der Waals surface area contributed by atoms with Gasteiger partial charge in [0.05, 0.1) is 19.8 Å². The molecule has 0 unspecified atom stereocenters. The molecule has 3 nitrogen and oxygen atoms in total. The fourth-order valence-electron chi connectivity index (χ4n) is 1.73. The number of hydrogen-bond donors (Lipinski definition) is 0. The predicted molar refractivity (Wildman–Crippen MR) is 73.8 cm³/mol. The monoisotopic (exact) mass is 246 g/mol. The number of rotatable bonds is 3. The lowest BCUT2D eigenvalue weighted by molar-refractivity contribution is 0.112. The van der Waals surface area contributed by atoms with Gasteiger partial charge in [-0.25, -0.2) is 0 Å². The molecule has 0 saturated heterocycles. The van der Waals surface area contributed by atoms with Crippen LogP contribution < -0.4 is 9.47 Å². The van der Waals surface area contributed by atoms with Crippen molar-refractivity contribution in [3.8, 4) is 11.5 Å². The first-order chi connectivity index (χ1) is 8.80. The Morgan fingerprint density at radius 2 is 1.67 bits per heavy atom. The van der Waals surface area contributed by atoms with E-state index in [0.29, 0.717) is 11.3 Å². The maximum Gasteiger partial charge on any atom is 0.154 e. The molecule has 0 heterocycles. The molecule has 0 aliphatic rings. The van der Waals surface area contributed by atoms with Crippen molar-refractivity contribution >= 4 is 17.1 Å². The average Bonchev–Trinajstić information content (AvgIpc) is 2.47. The van der Waals surface area contributed by atoms with E-state index in [1.54, 1.807) is 20.3 Å². The van der Waals surface area contributed by atoms with Crippen LogP contribution in [0.25, 0.3) is 10.8 Å². The molecular weight excluding hydrogens is 228 g/mol. The van der Waals surface area contributed by atoms with Gasteiger partial charge in [0.1, 0.15) is 11.5 Å². The number of carbonyl (C=O) groups excluding carboxylic acids is 1. The molecule has 0 radical (unpaired) electrons. The van der Waals surface area contributed by atoms with Gasteiger partial charge in [-0.2, -0.15) is 0 Å². The summed E-state index contributed by atoms with van der Waals surface area (Å²) in [6.07, 6.45) is 0.806. The lowest BCUT2D eigenvalue weighted by Gasteiger charge is -2.08. The molecule has 0 aromatic heterocycles. The minimum Gasteiger partial charge on any atom is -0.497 e. The summed E-state index contributed by atoms with van der Waals surface area (Å²) in [7, 11) is 3.15. The Kier molecular flexibility index (Phi) is 5.18. The lowest BCUT2D eigenvalue weighted by Crippen LogP contribution is -1.92. The van der Waals surface area contributed by atoms with Gasteiger partial charge < -0.3 is 9.47 Å². The molecule has 2 aromatic carbocycles. The van der Waals surface area contributed by atoms with E-state index in [2.05, 4.69) is 0 Å². The highest BCUT2D eigenvalue weighted by molar-refractivity contribution is 6.01. The second kappa shape index (κ2) is 6.64. The van der Waals surface area contributed by atoms with Crippen molar-refractivity contribution in [2.45, 2.75) is 13.8 Å². The molecular formula is C15H18O3. The first kappa shape index (κ1) is 14.0. The third-order valence-corrected chi connectivity index (χ3v) is 2.57. The Morgan fingerprint density at radius 3 is 2.22 bits per heavy atom. The van der Waals surface area contributed by atoms with Gasteiger partial charge in [0.25, 0.3) is 0 Å². The molecule has 0 atom stereocenters. The SMILES string of the molecule is CC.COc1ccc2ccc(OC)c(C=O)c2c1. The molecule has 0 amide bonds. The van der Waals surface area contributed by atoms with Gasteiger partial charge in [0, 0.05) is 0 Å². The minimum absolute atomic E-state index is 0.555. The zero-order valence-corrected chi connectivity index (χ0v) is 11.2. The summed E-state index contributed by atoms with van der Waals surface area (Å²) in [4.78, 5) is 11.1. The van der Waals surface area contributed by atoms with Crippen molar-refractivity contribution in [2.75, 3.05) is 14.2 Å². The fraction of sp³-hybridized carbons (Fsp3) is 0.267. The number of methoxy groups -OCH3 is 2. The summed E-state index contributed by atoms with van der Waals surface area (Å²) in [5.41, 5.74) is 0.555. The van der Waals surface area contributed by atoms with Crippen LogP contribution in [0, 0.1) is 0 Å². The topological polar surface area (TPSA) is 35.5 Å². The molecule has 0 spiro atoms. The molecule has 96 valence electrons. The number of carbonyl (C=O) groups is 1. The summed E-state index contributed by atoms with van der Waals surface area (Å²) >= 11 is 0. The Balaban J connectivity index is 0.000000771. The van der Waals surface area contributed by atoms with Crippen molar-refractivity contribution in [1.82, 2.24) is 0 Å². The number of fused-ring (bicyclic) bond motifs is 1. The molecule has 0 fully saturated rings. The van der Waals surface area contributed by atoms with E-state index in [1.165, 1.54) is 0 Å². The maximum atomic E-state index is 11.1. The van der Waals surface area contributed by atoms with Crippen molar-refractivity contribution in [3.63, 3.8) is 0 Å². The van der Waals surface area contributed by atoms with Crippen LogP contribution in [0.2, 0.25) is 0 Å². The van der Waals surface area contributed by atoms with E-state index in [0.717, 1.165) is 22.8 Å². The molecule has 0 aliphatic carbocycles. The number of hydrogen-bond acceptors (Lipinski definition) is 3. The van der Waals surface area contributed by atoms with Crippen LogP contribution in [0.1, 0.15) is 24.2 Å². The van der Waals surface area contributed by atoms with Gasteiger partial charge in [-0.1, -0.05) is 26.0 Å². The highest BCUT2D eigenvalue weighted by Gasteiger charge is 2.08. The highest BCUT2D eigenvalue weighted by Crippen LogP contribution is 2.29. The lowest BCUT2D eigenvalue weighted by atomic mass is 10.0. The molecule has 18 heavy (non-hydrogen) atoms. The van der Waals surface area contributed by atoms with E-state index in [4.69, 9.17) is 9.47 Å². The molecule has 0 saturated carbocycles. The van der Waals surface area contributed by atoms with Gasteiger partial charge in [-0.05, 0) is 29.0 Å². The Hall–Kier alpha value is -2.03. The first-order valence-electron chi connectivity index (χ1n) is 5.90. The normalized spacial score (nSPS) is 9.33. The smallest absolute Gasteiger partial charge is 0.154 e. The maximum absolute atomic E-state index is 11.1. The largest absolute Gasteiger partial charge is 0.497 e. The summed E-state index contributed by atoms with van der Waals surface area (Å²) < 4.78 is 10.3. The highest BCUT2D eigenvalue weighted by atomic mass is 16.5. The van der Waals surface area contributed by atoms with Gasteiger partial charge in [0.15, 0.2) is 6.29 Å². The number of benzene rings is 2. The fourth-order valence-corrected chi connectivity index (χ4v) is 1.73. The van der Waals surface area contributed by atoms with Crippen molar-refractivity contribution in [3.05, 3.63) is 35.9 Å². The summed E-state index contributed by atoms with van der Waals surface area (Å²) in [6, 6.07) is 9.32. The van der Waals surface area contributed by atoms with E-state index >= 15 is 0 Å². The summed E-state index contributed by atoms with van der Waals surface area (Å²) in [5, 5.41) is 1.83. The van der Waals surface area contributed by atoms with Gasteiger partial charge in [-0.15, -0.1) is 0 Å². The Bertz CT molecular complexity index is 527. The molecule has 2 rings (SSSR count). The van der Waals surface area contributed by atoms with Gasteiger partial charge >= 0.3 is 0 Å². The zero-order valence-electron chi connectivity index (χ0n) is 11.2. The minimum atomic E-state index is 0.555. The molecule has 2 aromatic rings. The predicted octanol–water partition coefficient (Wildman–Crippen LogP) is 3.70. The molecule has 0 N–H and O–H groups in total. The molecule has 0 aliphatic heterocycles. The Morgan fingerprint density at radius 1 is 1.00 bits per heavy atom. The van der Waals surface area contributed by atoms with Crippen LogP contribution in [-0.2, 0) is 0 Å². The van der Waals surface area contributed by atoms with Crippen LogP contribution in [0.5, 0.6) is 11.5 Å². The number of aldehydes is 1. The van der Waals surface area contributed by atoms with Crippen molar-refractivity contribution in [1.29, 1.82) is 0 Å². The summed E-state index contributed by atoms with van der Waals surface area (Å²) in [5.74, 6) is 1.31. The summed E-state index contributed by atoms with van der Waals surface area (Å²) in [6.45, 7) is 4.00. The van der Waals surface area contributed by atoms with E-state index in [9.17, 15) is 4.79 Å². The zero-order chi connectivity index (χ0) is 13.5. The Labute approximate surface area is 107 Å². The van der Waals surface area contributed by atoms with Crippen molar-refractivity contribution in [2.24, 2.45) is 0 Å². The van der Waals surface area contributed by atoms with Crippen LogP contribution in [0.4, 0.5) is 0 Å². The van der Waals surface area contributed by atoms with Gasteiger partial charge in [-0.3, -0.25) is 4.79 Å². The standard InChI is InChI=1S/C13H12O3.C2H6/c1-15-10-5-3-9-4-6-13(16-2)12(8-14)11(9)7-10;1-2/h3-8H,1-2H3;1-2H3.